The third-order valence-electron chi connectivity index (χ3n) is 1.71. The second-order valence-corrected chi connectivity index (χ2v) is 3.08. The number of nitrogens with zero attached hydrogens (tertiary/aromatic N) is 3. The molecule has 18 heavy (non-hydrogen) atoms. The van der Waals surface area contributed by atoms with Gasteiger partial charge in [-0.05, 0) is 0 Å². The van der Waals surface area contributed by atoms with Crippen LogP contribution in [0.2, 0.25) is 0 Å². The minimum atomic E-state index is -4.46. The molecule has 0 aliphatic heterocycles. The molecule has 0 radical (unpaired) electrons. The van der Waals surface area contributed by atoms with Gasteiger partial charge in [0.15, 0.2) is 12.4 Å². The zero-order valence-electron chi connectivity index (χ0n) is 8.56. The molecule has 2 rings (SSSR count). The van der Waals surface area contributed by atoms with Crippen LogP contribution in [0.3, 0.4) is 0 Å². The normalized spacial score (nSPS) is 11.5. The van der Waals surface area contributed by atoms with E-state index in [0.717, 1.165) is 12.4 Å². The molecule has 0 aromatic carbocycles. The smallest absolute Gasteiger partial charge is 0.460 e. The Hall–Kier alpha value is -2.39. The average molecular weight is 262 g/mol. The Balaban J connectivity index is 2.18. The summed E-state index contributed by atoms with van der Waals surface area (Å²) in [6, 6.07) is 1.10. The maximum Gasteiger partial charge on any atom is 0.460 e. The lowest BCUT2D eigenvalue weighted by molar-refractivity contribution is -0.154. The lowest BCUT2D eigenvalue weighted by atomic mass is 10.4. The third kappa shape index (κ3) is 3.06. The van der Waals surface area contributed by atoms with Gasteiger partial charge < -0.3 is 9.26 Å². The van der Waals surface area contributed by atoms with Crippen LogP contribution in [0.5, 0.6) is 5.88 Å². The zero-order chi connectivity index (χ0) is 13.2. The van der Waals surface area contributed by atoms with Gasteiger partial charge in [-0.25, -0.2) is 14.8 Å². The Bertz CT molecular complexity index is 592. The Morgan fingerprint density at radius 3 is 2.78 bits per heavy atom. The van der Waals surface area contributed by atoms with E-state index in [2.05, 4.69) is 29.4 Å². The van der Waals surface area contributed by atoms with Crippen molar-refractivity contribution < 1.29 is 22.4 Å². The quantitative estimate of drug-likeness (QED) is 0.877. The number of hydrogen-bond acceptors (Lipinski definition) is 6. The highest BCUT2D eigenvalue weighted by Crippen LogP contribution is 2.19. The van der Waals surface area contributed by atoms with Crippen molar-refractivity contribution in [2.75, 3.05) is 6.61 Å². The van der Waals surface area contributed by atoms with Crippen LogP contribution >= 0.6 is 0 Å². The average Bonchev–Trinajstić information content (AvgIpc) is 2.73. The first-order valence-corrected chi connectivity index (χ1v) is 4.51. The van der Waals surface area contributed by atoms with Gasteiger partial charge in [-0.2, -0.15) is 23.3 Å². The zero-order valence-corrected chi connectivity index (χ0v) is 8.56. The Morgan fingerprint density at radius 1 is 1.39 bits per heavy atom. The van der Waals surface area contributed by atoms with Gasteiger partial charge >= 0.3 is 11.9 Å². The minimum Gasteiger partial charge on any atom is -0.468 e. The van der Waals surface area contributed by atoms with Crippen LogP contribution in [-0.4, -0.2) is 32.9 Å². The number of nitrogens with one attached hydrogen (secondary N) is 1. The maximum absolute atomic E-state index is 11.9. The van der Waals surface area contributed by atoms with Crippen LogP contribution in [0.25, 0.3) is 11.5 Å². The fourth-order valence-electron chi connectivity index (χ4n) is 1.04. The Morgan fingerprint density at radius 2 is 2.17 bits per heavy atom. The predicted molar refractivity (Wildman–Crippen MR) is 49.7 cm³/mol. The molecule has 2 aromatic heterocycles. The fraction of sp³-hybridized carbons (Fsp3) is 0.250. The van der Waals surface area contributed by atoms with E-state index in [9.17, 15) is 18.0 Å². The summed E-state index contributed by atoms with van der Waals surface area (Å²) in [6.07, 6.45) is -3.48. The van der Waals surface area contributed by atoms with E-state index in [1.165, 1.54) is 0 Å². The van der Waals surface area contributed by atoms with Crippen molar-refractivity contribution in [1.82, 2.24) is 20.1 Å². The molecule has 10 heteroatoms. The minimum absolute atomic E-state index is 0.0285. The second kappa shape index (κ2) is 4.47. The number of hydrogen-bond donors (Lipinski definition) is 1. The number of aromatic nitrogens is 4. The van der Waals surface area contributed by atoms with E-state index in [1.54, 1.807) is 0 Å². The number of alkyl halides is 3. The van der Waals surface area contributed by atoms with Gasteiger partial charge in [-0.1, -0.05) is 0 Å². The van der Waals surface area contributed by atoms with Gasteiger partial charge in [-0.15, -0.1) is 0 Å². The number of rotatable bonds is 3. The summed E-state index contributed by atoms with van der Waals surface area (Å²) in [6.45, 7) is -1.47. The van der Waals surface area contributed by atoms with Gasteiger partial charge in [-0.3, -0.25) is 0 Å². The van der Waals surface area contributed by atoms with E-state index in [4.69, 9.17) is 0 Å². The number of halogens is 3. The number of aromatic amines is 1. The molecule has 0 aliphatic carbocycles. The molecule has 0 aliphatic rings. The Kier molecular flexibility index (Phi) is 3.00. The summed E-state index contributed by atoms with van der Waals surface area (Å²) >= 11 is 0. The molecule has 0 saturated carbocycles. The van der Waals surface area contributed by atoms with Gasteiger partial charge in [0, 0.05) is 6.07 Å². The van der Waals surface area contributed by atoms with E-state index in [1.807, 2.05) is 0 Å². The van der Waals surface area contributed by atoms with Crippen LogP contribution in [0.15, 0.2) is 21.7 Å². The lowest BCUT2D eigenvalue weighted by Crippen LogP contribution is -2.19. The molecular weight excluding hydrogens is 257 g/mol. The van der Waals surface area contributed by atoms with Gasteiger partial charge in [0.25, 0.3) is 0 Å². The van der Waals surface area contributed by atoms with Crippen LogP contribution in [0, 0.1) is 0 Å². The van der Waals surface area contributed by atoms with E-state index >= 15 is 0 Å². The van der Waals surface area contributed by atoms with Crippen LogP contribution in [-0.2, 0) is 0 Å². The molecule has 0 spiro atoms. The van der Waals surface area contributed by atoms with Gasteiger partial charge in [0.2, 0.25) is 5.88 Å². The summed E-state index contributed by atoms with van der Waals surface area (Å²) in [4.78, 5) is 21.3. The summed E-state index contributed by atoms with van der Waals surface area (Å²) in [5.41, 5.74) is 0.0769. The van der Waals surface area contributed by atoms with Crippen molar-refractivity contribution in [2.45, 2.75) is 6.18 Å². The monoisotopic (exact) mass is 262 g/mol. The van der Waals surface area contributed by atoms with Crippen LogP contribution < -0.4 is 10.5 Å². The first-order valence-electron chi connectivity index (χ1n) is 4.51. The first-order chi connectivity index (χ1) is 8.44. The molecule has 0 fully saturated rings. The van der Waals surface area contributed by atoms with Crippen molar-refractivity contribution in [3.8, 4) is 17.4 Å². The molecule has 1 N–H and O–H groups in total. The van der Waals surface area contributed by atoms with E-state index in [0.29, 0.717) is 0 Å². The van der Waals surface area contributed by atoms with E-state index in [-0.39, 0.29) is 17.4 Å². The number of ether oxygens (including phenoxy) is 1. The molecular formula is C8H5F3N4O3. The molecule has 0 amide bonds. The highest BCUT2D eigenvalue weighted by Gasteiger charge is 2.28. The number of H-pyrrole nitrogens is 1. The SMILES string of the molecule is O=c1nc(-c2cc(OCC(F)(F)F)ncn2)[nH]o1. The highest BCUT2D eigenvalue weighted by molar-refractivity contribution is 5.48. The lowest BCUT2D eigenvalue weighted by Gasteiger charge is -2.07. The van der Waals surface area contributed by atoms with Crippen molar-refractivity contribution in [3.05, 3.63) is 22.9 Å². The van der Waals surface area contributed by atoms with E-state index < -0.39 is 18.5 Å². The summed E-state index contributed by atoms with van der Waals surface area (Å²) < 4.78 is 44.5. The van der Waals surface area contributed by atoms with Gasteiger partial charge in [0.05, 0.1) is 0 Å². The maximum atomic E-state index is 11.9. The summed E-state index contributed by atoms with van der Waals surface area (Å²) in [7, 11) is 0. The molecule has 96 valence electrons. The largest absolute Gasteiger partial charge is 0.468 e. The highest BCUT2D eigenvalue weighted by atomic mass is 19.4. The predicted octanol–water partition coefficient (Wildman–Crippen LogP) is 0.761. The third-order valence-corrected chi connectivity index (χ3v) is 1.71. The summed E-state index contributed by atoms with van der Waals surface area (Å²) in [5.74, 6) is -1.19. The topological polar surface area (TPSA) is 93.9 Å². The van der Waals surface area contributed by atoms with Crippen molar-refractivity contribution in [3.63, 3.8) is 0 Å². The van der Waals surface area contributed by atoms with Crippen LogP contribution in [0.1, 0.15) is 0 Å². The second-order valence-electron chi connectivity index (χ2n) is 3.08. The molecule has 0 unspecified atom stereocenters. The van der Waals surface area contributed by atoms with Crippen molar-refractivity contribution >= 4 is 0 Å². The molecule has 0 atom stereocenters. The van der Waals surface area contributed by atoms with Gasteiger partial charge in [0.1, 0.15) is 12.0 Å². The Labute approximate surface area is 96.6 Å². The van der Waals surface area contributed by atoms with Crippen molar-refractivity contribution in [2.24, 2.45) is 0 Å². The fourth-order valence-corrected chi connectivity index (χ4v) is 1.04. The molecule has 2 aromatic rings. The van der Waals surface area contributed by atoms with Crippen molar-refractivity contribution in [1.29, 1.82) is 0 Å². The molecule has 2 heterocycles. The summed E-state index contributed by atoms with van der Waals surface area (Å²) in [5, 5.41) is 2.15. The standard InChI is InChI=1S/C8H5F3N4O3/c9-8(10,11)2-17-5-1-4(12-3-13-5)6-14-7(16)18-15-6/h1,3H,2H2,(H,14,15,16). The molecule has 7 nitrogen and oxygen atoms in total. The molecule has 0 bridgehead atoms. The van der Waals surface area contributed by atoms with Crippen LogP contribution in [0.4, 0.5) is 13.2 Å². The molecule has 0 saturated heterocycles. The first kappa shape index (κ1) is 12.1.